The summed E-state index contributed by atoms with van der Waals surface area (Å²) >= 11 is 5.61. The number of hydrogen-bond acceptors (Lipinski definition) is 3. The number of unbranched alkanes of at least 4 members (excludes halogenated alkanes) is 1. The lowest BCUT2D eigenvalue weighted by molar-refractivity contribution is 0.303. The number of nitrogens with zero attached hydrogens (tertiary/aromatic N) is 1. The molecule has 1 heterocycles. The van der Waals surface area contributed by atoms with Gasteiger partial charge in [0.1, 0.15) is 0 Å². The molecule has 1 atom stereocenters. The molecule has 25 heavy (non-hydrogen) atoms. The smallest absolute Gasteiger partial charge is 0.173 e. The van der Waals surface area contributed by atoms with E-state index in [9.17, 15) is 8.42 Å². The summed E-state index contributed by atoms with van der Waals surface area (Å²) < 4.78 is 23.7. The molecule has 1 fully saturated rings. The molecule has 1 aliphatic heterocycles. The number of sulfone groups is 1. The molecule has 2 rings (SSSR count). The summed E-state index contributed by atoms with van der Waals surface area (Å²) in [5.41, 5.74) is 2.29. The summed E-state index contributed by atoms with van der Waals surface area (Å²) in [4.78, 5) is 2.07. The molecule has 1 aliphatic rings. The number of hydrogen-bond donors (Lipinski definition) is 1. The molecule has 0 spiro atoms. The second kappa shape index (κ2) is 8.99. The third kappa shape index (κ3) is 6.26. The number of anilines is 1. The second-order valence-electron chi connectivity index (χ2n) is 7.33. The maximum atomic E-state index is 11.8. The molecule has 1 aromatic carbocycles. The van der Waals surface area contributed by atoms with Crippen molar-refractivity contribution in [1.82, 2.24) is 4.90 Å². The van der Waals surface area contributed by atoms with Crippen molar-refractivity contribution >= 4 is 32.9 Å². The molecule has 140 valence electrons. The molecule has 0 aliphatic carbocycles. The monoisotopic (exact) mass is 382 g/mol. The molecule has 4 nitrogen and oxygen atoms in total. The summed E-state index contributed by atoms with van der Waals surface area (Å²) in [6.45, 7) is 7.21. The van der Waals surface area contributed by atoms with Crippen molar-refractivity contribution < 1.29 is 8.42 Å². The maximum absolute atomic E-state index is 11.8. The third-order valence-electron chi connectivity index (χ3n) is 4.50. The van der Waals surface area contributed by atoms with E-state index >= 15 is 0 Å². The maximum Gasteiger partial charge on any atom is 0.173 e. The van der Waals surface area contributed by atoms with Crippen molar-refractivity contribution in [3.63, 3.8) is 0 Å². The van der Waals surface area contributed by atoms with Gasteiger partial charge in [-0.05, 0) is 55.1 Å². The molecular formula is C19H30N2O2S2. The Morgan fingerprint density at radius 2 is 2.00 bits per heavy atom. The number of aryl methyl sites for hydroxylation is 1. The quantitative estimate of drug-likeness (QED) is 0.726. The minimum Gasteiger partial charge on any atom is -0.345 e. The molecule has 1 saturated heterocycles. The number of benzene rings is 1. The molecule has 6 heteroatoms. The predicted octanol–water partition coefficient (Wildman–Crippen LogP) is 3.87. The third-order valence-corrected chi connectivity index (χ3v) is 6.58. The van der Waals surface area contributed by atoms with Crippen LogP contribution >= 0.6 is 12.2 Å². The van der Waals surface area contributed by atoms with Crippen LogP contribution in [0.1, 0.15) is 45.6 Å². The molecule has 1 N–H and O–H groups in total. The van der Waals surface area contributed by atoms with E-state index in [1.165, 1.54) is 18.4 Å². The Labute approximate surface area is 157 Å². The van der Waals surface area contributed by atoms with E-state index in [0.29, 0.717) is 17.5 Å². The fourth-order valence-corrected chi connectivity index (χ4v) is 5.22. The Bertz CT molecular complexity index is 669. The first-order valence-electron chi connectivity index (χ1n) is 9.17. The van der Waals surface area contributed by atoms with E-state index in [-0.39, 0.29) is 17.5 Å². The van der Waals surface area contributed by atoms with E-state index in [0.717, 1.165) is 18.7 Å². The summed E-state index contributed by atoms with van der Waals surface area (Å²) in [7, 11) is -2.93. The van der Waals surface area contributed by atoms with Gasteiger partial charge in [-0.1, -0.05) is 39.3 Å². The highest BCUT2D eigenvalue weighted by Gasteiger charge is 2.33. The minimum atomic E-state index is -2.93. The highest BCUT2D eigenvalue weighted by atomic mass is 32.2. The van der Waals surface area contributed by atoms with Crippen LogP contribution in [0.25, 0.3) is 0 Å². The van der Waals surface area contributed by atoms with Crippen molar-refractivity contribution in [3.05, 3.63) is 29.8 Å². The van der Waals surface area contributed by atoms with Crippen molar-refractivity contribution in [1.29, 1.82) is 0 Å². The zero-order chi connectivity index (χ0) is 18.4. The number of nitrogens with one attached hydrogen (secondary N) is 1. The number of rotatable bonds is 7. The van der Waals surface area contributed by atoms with Crippen molar-refractivity contribution in [2.45, 2.75) is 52.5 Å². The Balaban J connectivity index is 2.03. The van der Waals surface area contributed by atoms with Crippen LogP contribution in [0.3, 0.4) is 0 Å². The second-order valence-corrected chi connectivity index (χ2v) is 9.95. The van der Waals surface area contributed by atoms with Crippen LogP contribution in [0.15, 0.2) is 24.3 Å². The summed E-state index contributed by atoms with van der Waals surface area (Å²) in [6.07, 6.45) is 4.15. The number of thiocarbonyl (C=S) groups is 1. The molecule has 0 bridgehead atoms. The van der Waals surface area contributed by atoms with Gasteiger partial charge in [-0.15, -0.1) is 0 Å². The first-order valence-corrected chi connectivity index (χ1v) is 11.4. The molecule has 0 aromatic heterocycles. The highest BCUT2D eigenvalue weighted by Crippen LogP contribution is 2.21. The van der Waals surface area contributed by atoms with Gasteiger partial charge in [0.05, 0.1) is 11.5 Å². The standard InChI is InChI=1S/C19H30N2O2S2/c1-4-5-6-16-7-9-17(10-8-16)20-19(24)21(13-15(2)3)18-11-12-25(22,23)14-18/h7-10,15,18H,4-6,11-14H2,1-3H3,(H,20,24)/t18-/m1/s1. The van der Waals surface area contributed by atoms with Gasteiger partial charge in [0.25, 0.3) is 0 Å². The van der Waals surface area contributed by atoms with Gasteiger partial charge in [-0.3, -0.25) is 0 Å². The first-order chi connectivity index (χ1) is 11.8. The van der Waals surface area contributed by atoms with Crippen LogP contribution in [0.4, 0.5) is 5.69 Å². The topological polar surface area (TPSA) is 49.4 Å². The largest absolute Gasteiger partial charge is 0.345 e. The van der Waals surface area contributed by atoms with Gasteiger partial charge < -0.3 is 10.2 Å². The summed E-state index contributed by atoms with van der Waals surface area (Å²) in [5.74, 6) is 0.887. The normalized spacial score (nSPS) is 19.1. The van der Waals surface area contributed by atoms with E-state index in [2.05, 4.69) is 55.3 Å². The average molecular weight is 383 g/mol. The van der Waals surface area contributed by atoms with Crippen molar-refractivity contribution in [3.8, 4) is 0 Å². The van der Waals surface area contributed by atoms with Gasteiger partial charge in [0, 0.05) is 18.3 Å². The predicted molar refractivity (Wildman–Crippen MR) is 110 cm³/mol. The molecule has 0 saturated carbocycles. The molecule has 1 aromatic rings. The SMILES string of the molecule is CCCCc1ccc(NC(=S)N(CC(C)C)[C@@H]2CCS(=O)(=O)C2)cc1. The Hall–Kier alpha value is -1.14. The molecule has 0 unspecified atom stereocenters. The van der Waals surface area contributed by atoms with Crippen LogP contribution in [0.2, 0.25) is 0 Å². The summed E-state index contributed by atoms with van der Waals surface area (Å²) in [6, 6.07) is 8.35. The van der Waals surface area contributed by atoms with Crippen LogP contribution < -0.4 is 5.32 Å². The Morgan fingerprint density at radius 1 is 1.32 bits per heavy atom. The average Bonchev–Trinajstić information content (AvgIpc) is 2.91. The molecule has 0 amide bonds. The van der Waals surface area contributed by atoms with E-state index in [1.54, 1.807) is 0 Å². The fourth-order valence-electron chi connectivity index (χ4n) is 3.14. The van der Waals surface area contributed by atoms with Gasteiger partial charge in [-0.25, -0.2) is 8.42 Å². The molecule has 0 radical (unpaired) electrons. The zero-order valence-electron chi connectivity index (χ0n) is 15.5. The lowest BCUT2D eigenvalue weighted by atomic mass is 10.1. The molecular weight excluding hydrogens is 352 g/mol. The van der Waals surface area contributed by atoms with Crippen LogP contribution in [0, 0.1) is 5.92 Å². The first kappa shape index (κ1) is 20.2. The van der Waals surface area contributed by atoms with Crippen LogP contribution in [-0.4, -0.2) is 42.5 Å². The minimum absolute atomic E-state index is 0.0174. The Morgan fingerprint density at radius 3 is 2.52 bits per heavy atom. The zero-order valence-corrected chi connectivity index (χ0v) is 17.1. The van der Waals surface area contributed by atoms with Gasteiger partial charge in [0.15, 0.2) is 14.9 Å². The van der Waals surface area contributed by atoms with Gasteiger partial charge >= 0.3 is 0 Å². The van der Waals surface area contributed by atoms with Crippen molar-refractivity contribution in [2.24, 2.45) is 5.92 Å². The van der Waals surface area contributed by atoms with Gasteiger partial charge in [0.2, 0.25) is 0 Å². The van der Waals surface area contributed by atoms with E-state index in [1.807, 2.05) is 0 Å². The van der Waals surface area contributed by atoms with Crippen LogP contribution in [-0.2, 0) is 16.3 Å². The van der Waals surface area contributed by atoms with E-state index < -0.39 is 9.84 Å². The summed E-state index contributed by atoms with van der Waals surface area (Å²) in [5, 5.41) is 3.92. The van der Waals surface area contributed by atoms with Gasteiger partial charge in [-0.2, -0.15) is 0 Å². The fraction of sp³-hybridized carbons (Fsp3) is 0.632. The lowest BCUT2D eigenvalue weighted by Crippen LogP contribution is -2.45. The van der Waals surface area contributed by atoms with Crippen LogP contribution in [0.5, 0.6) is 0 Å². The lowest BCUT2D eigenvalue weighted by Gasteiger charge is -2.32. The highest BCUT2D eigenvalue weighted by molar-refractivity contribution is 7.91. The Kier molecular flexibility index (Phi) is 7.25. The van der Waals surface area contributed by atoms with Crippen molar-refractivity contribution in [2.75, 3.05) is 23.4 Å². The van der Waals surface area contributed by atoms with E-state index in [4.69, 9.17) is 12.2 Å².